The van der Waals surface area contributed by atoms with Crippen molar-refractivity contribution in [2.45, 2.75) is 17.5 Å². The number of aromatic nitrogens is 3. The molecule has 12 heteroatoms. The van der Waals surface area contributed by atoms with Crippen LogP contribution in [-0.4, -0.2) is 29.6 Å². The Balaban J connectivity index is 1.46. The number of rotatable bonds is 6. The fourth-order valence-corrected chi connectivity index (χ4v) is 4.76. The van der Waals surface area contributed by atoms with Crippen LogP contribution in [0.4, 0.5) is 17.6 Å². The normalized spacial score (nSPS) is 12.5. The topological polar surface area (TPSA) is 76.4 Å². The number of fused-ring (bicyclic) bond motifs is 1. The van der Waals surface area contributed by atoms with Crippen molar-refractivity contribution in [2.24, 2.45) is 0 Å². The summed E-state index contributed by atoms with van der Waals surface area (Å²) in [6, 6.07) is 9.36. The summed E-state index contributed by atoms with van der Waals surface area (Å²) < 4.78 is 80.4. The van der Waals surface area contributed by atoms with Crippen LogP contribution in [0.1, 0.15) is 11.3 Å². The summed E-state index contributed by atoms with van der Waals surface area (Å²) in [5.41, 5.74) is -0.0125. The smallest absolute Gasteiger partial charge is 0.211 e. The van der Waals surface area contributed by atoms with Gasteiger partial charge in [-0.05, 0) is 36.4 Å². The van der Waals surface area contributed by atoms with Gasteiger partial charge in [0.25, 0.3) is 0 Å². The summed E-state index contributed by atoms with van der Waals surface area (Å²) in [7, 11) is -3.98. The summed E-state index contributed by atoms with van der Waals surface area (Å²) in [4.78, 5) is 4.56. The van der Waals surface area contributed by atoms with E-state index >= 15 is 0 Å². The standard InChI is InChI=1S/C19H14F4N4O2S2/c20-16-4-2-1-3-15(16)17-25-18-27(26-17)13(11-30-18)9-10-24-31(28,29)14-7-5-12(6-8-14)19(21,22)23/h1-8,11,24H,9-10H2. The maximum Gasteiger partial charge on any atom is 0.416 e. The molecular formula is C19H14F4N4O2S2. The number of nitrogens with one attached hydrogen (secondary N) is 1. The number of halogens is 4. The monoisotopic (exact) mass is 470 g/mol. The molecule has 2 aromatic heterocycles. The van der Waals surface area contributed by atoms with Crippen LogP contribution in [0.2, 0.25) is 0 Å². The fourth-order valence-electron chi connectivity index (χ4n) is 2.87. The number of nitrogens with zero attached hydrogens (tertiary/aromatic N) is 3. The SMILES string of the molecule is O=S(=O)(NCCc1csc2nc(-c3ccccc3F)nn12)c1ccc(C(F)(F)F)cc1. The third-order valence-electron chi connectivity index (χ3n) is 4.43. The first-order valence-corrected chi connectivity index (χ1v) is 11.3. The minimum Gasteiger partial charge on any atom is -0.211 e. The first kappa shape index (κ1) is 21.4. The Morgan fingerprint density at radius 2 is 1.77 bits per heavy atom. The molecule has 0 aliphatic carbocycles. The summed E-state index contributed by atoms with van der Waals surface area (Å²) in [6.45, 7) is -0.00984. The molecule has 0 atom stereocenters. The second-order valence-corrected chi connectivity index (χ2v) is 9.11. The number of hydrogen-bond donors (Lipinski definition) is 1. The third-order valence-corrected chi connectivity index (χ3v) is 6.77. The summed E-state index contributed by atoms with van der Waals surface area (Å²) in [6.07, 6.45) is -4.29. The Hall–Kier alpha value is -2.83. The zero-order valence-electron chi connectivity index (χ0n) is 15.6. The van der Waals surface area contributed by atoms with Gasteiger partial charge < -0.3 is 0 Å². The lowest BCUT2D eigenvalue weighted by molar-refractivity contribution is -0.137. The molecule has 0 bridgehead atoms. The van der Waals surface area contributed by atoms with E-state index in [4.69, 9.17) is 0 Å². The minimum atomic E-state index is -4.54. The average Bonchev–Trinajstić information content (AvgIpc) is 3.29. The first-order chi connectivity index (χ1) is 14.6. The maximum absolute atomic E-state index is 14.0. The number of thiazole rings is 1. The van der Waals surface area contributed by atoms with Gasteiger partial charge in [0, 0.05) is 18.3 Å². The maximum atomic E-state index is 14.0. The molecule has 0 fully saturated rings. The van der Waals surface area contributed by atoms with Gasteiger partial charge in [0.2, 0.25) is 15.0 Å². The van der Waals surface area contributed by atoms with E-state index in [1.54, 1.807) is 23.6 Å². The van der Waals surface area contributed by atoms with Crippen LogP contribution < -0.4 is 4.72 Å². The van der Waals surface area contributed by atoms with E-state index < -0.39 is 27.6 Å². The summed E-state index contributed by atoms with van der Waals surface area (Å²) in [5.74, 6) is -0.233. The van der Waals surface area contributed by atoms with Crippen molar-refractivity contribution >= 4 is 26.3 Å². The molecule has 0 aliphatic heterocycles. The van der Waals surface area contributed by atoms with Crippen molar-refractivity contribution in [3.63, 3.8) is 0 Å². The van der Waals surface area contributed by atoms with Gasteiger partial charge in [-0.25, -0.2) is 22.0 Å². The average molecular weight is 470 g/mol. The van der Waals surface area contributed by atoms with Gasteiger partial charge in [0.05, 0.1) is 21.7 Å². The first-order valence-electron chi connectivity index (χ1n) is 8.90. The highest BCUT2D eigenvalue weighted by Crippen LogP contribution is 2.29. The van der Waals surface area contributed by atoms with Gasteiger partial charge in [0.1, 0.15) is 5.82 Å². The molecule has 1 N–H and O–H groups in total. The van der Waals surface area contributed by atoms with Gasteiger partial charge >= 0.3 is 6.18 Å². The van der Waals surface area contributed by atoms with Crippen molar-refractivity contribution in [2.75, 3.05) is 6.54 Å². The lowest BCUT2D eigenvalue weighted by atomic mass is 10.2. The molecule has 4 aromatic rings. The molecule has 2 aromatic carbocycles. The second kappa shape index (κ2) is 8.02. The minimum absolute atomic E-state index is 0.00984. The van der Waals surface area contributed by atoms with E-state index in [1.165, 1.54) is 21.9 Å². The molecule has 2 heterocycles. The Morgan fingerprint density at radius 1 is 1.06 bits per heavy atom. The predicted octanol–water partition coefficient (Wildman–Crippen LogP) is 4.14. The third kappa shape index (κ3) is 4.45. The molecule has 0 unspecified atom stereocenters. The van der Waals surface area contributed by atoms with Crippen LogP contribution in [0.15, 0.2) is 58.8 Å². The highest BCUT2D eigenvalue weighted by molar-refractivity contribution is 7.89. The van der Waals surface area contributed by atoms with Gasteiger partial charge in [-0.1, -0.05) is 12.1 Å². The molecule has 6 nitrogen and oxygen atoms in total. The predicted molar refractivity (Wildman–Crippen MR) is 107 cm³/mol. The van der Waals surface area contributed by atoms with Crippen molar-refractivity contribution < 1.29 is 26.0 Å². The van der Waals surface area contributed by atoms with Crippen LogP contribution in [0, 0.1) is 5.82 Å². The van der Waals surface area contributed by atoms with Gasteiger partial charge in [-0.3, -0.25) is 0 Å². The molecule has 0 radical (unpaired) electrons. The fraction of sp³-hybridized carbons (Fsp3) is 0.158. The molecule has 31 heavy (non-hydrogen) atoms. The van der Waals surface area contributed by atoms with E-state index in [0.717, 1.165) is 24.3 Å². The van der Waals surface area contributed by atoms with Crippen LogP contribution in [0.3, 0.4) is 0 Å². The van der Waals surface area contributed by atoms with E-state index in [1.807, 2.05) is 0 Å². The Bertz CT molecular complexity index is 1330. The zero-order chi connectivity index (χ0) is 22.2. The number of benzene rings is 2. The molecule has 0 saturated carbocycles. The van der Waals surface area contributed by atoms with Crippen LogP contribution in [0.5, 0.6) is 0 Å². The molecular weight excluding hydrogens is 456 g/mol. The van der Waals surface area contributed by atoms with Crippen molar-refractivity contribution in [3.05, 3.63) is 71.0 Å². The number of alkyl halides is 3. The largest absolute Gasteiger partial charge is 0.416 e. The van der Waals surface area contributed by atoms with Gasteiger partial charge in [0.15, 0.2) is 5.82 Å². The van der Waals surface area contributed by atoms with Gasteiger partial charge in [-0.2, -0.15) is 18.2 Å². The number of hydrogen-bond acceptors (Lipinski definition) is 5. The van der Waals surface area contributed by atoms with E-state index in [-0.39, 0.29) is 29.2 Å². The summed E-state index contributed by atoms with van der Waals surface area (Å²) >= 11 is 1.28. The van der Waals surface area contributed by atoms with Crippen LogP contribution in [0.25, 0.3) is 16.3 Å². The Morgan fingerprint density at radius 3 is 2.45 bits per heavy atom. The quantitative estimate of drug-likeness (QED) is 0.430. The van der Waals surface area contributed by atoms with Crippen molar-refractivity contribution in [1.29, 1.82) is 0 Å². The summed E-state index contributed by atoms with van der Waals surface area (Å²) in [5, 5.41) is 6.06. The highest BCUT2D eigenvalue weighted by atomic mass is 32.2. The molecule has 162 valence electrons. The van der Waals surface area contributed by atoms with E-state index in [2.05, 4.69) is 14.8 Å². The molecule has 0 aliphatic rings. The Kier molecular flexibility index (Phi) is 5.54. The lowest BCUT2D eigenvalue weighted by Gasteiger charge is -2.09. The molecule has 0 spiro atoms. The van der Waals surface area contributed by atoms with E-state index in [0.29, 0.717) is 10.7 Å². The molecule has 0 saturated heterocycles. The number of sulfonamides is 1. The zero-order valence-corrected chi connectivity index (χ0v) is 17.2. The van der Waals surface area contributed by atoms with Gasteiger partial charge in [-0.15, -0.1) is 16.4 Å². The molecule has 0 amide bonds. The highest BCUT2D eigenvalue weighted by Gasteiger charge is 2.30. The van der Waals surface area contributed by atoms with Crippen LogP contribution in [-0.2, 0) is 22.6 Å². The Labute approximate surface area is 178 Å². The van der Waals surface area contributed by atoms with Crippen molar-refractivity contribution in [3.8, 4) is 11.4 Å². The second-order valence-electron chi connectivity index (χ2n) is 6.51. The van der Waals surface area contributed by atoms with Crippen molar-refractivity contribution in [1.82, 2.24) is 19.3 Å². The lowest BCUT2D eigenvalue weighted by Crippen LogP contribution is -2.26. The van der Waals surface area contributed by atoms with E-state index in [9.17, 15) is 26.0 Å². The van der Waals surface area contributed by atoms with Crippen LogP contribution >= 0.6 is 11.3 Å². The molecule has 4 rings (SSSR count).